The minimum atomic E-state index is -0.365. The summed E-state index contributed by atoms with van der Waals surface area (Å²) in [4.78, 5) is 10.2. The summed E-state index contributed by atoms with van der Waals surface area (Å²) in [6.45, 7) is 0. The minimum Gasteiger partial charge on any atom is -0.456 e. The topological polar surface area (TPSA) is 49.9 Å². The summed E-state index contributed by atoms with van der Waals surface area (Å²) in [5.41, 5.74) is 7.11. The number of fused-ring (bicyclic) bond motifs is 4. The van der Waals surface area contributed by atoms with Gasteiger partial charge in [-0.2, -0.15) is 0 Å². The zero-order chi connectivity index (χ0) is 27.2. The van der Waals surface area contributed by atoms with E-state index in [0.29, 0.717) is 0 Å². The van der Waals surface area contributed by atoms with Crippen molar-refractivity contribution in [3.05, 3.63) is 156 Å². The van der Waals surface area contributed by atoms with Gasteiger partial charge < -0.3 is 9.73 Å². The number of rotatable bonds is 4. The van der Waals surface area contributed by atoms with E-state index in [1.165, 1.54) is 21.9 Å². The van der Waals surface area contributed by atoms with Crippen LogP contribution < -0.4 is 5.32 Å². The first-order valence-electron chi connectivity index (χ1n) is 13.8. The first kappa shape index (κ1) is 23.4. The fourth-order valence-electron chi connectivity index (χ4n) is 5.67. The Morgan fingerprint density at radius 2 is 1.20 bits per heavy atom. The SMILES string of the molecule is c1ccc(C2N=C(c3ccc(-c4ccc5ccccc5c4)cc3)NC(c3cccc4oc5ccccc5c34)=N2)cc1. The molecular formula is C37H25N3O. The van der Waals surface area contributed by atoms with Crippen LogP contribution in [-0.2, 0) is 0 Å². The molecule has 0 saturated heterocycles. The lowest BCUT2D eigenvalue weighted by atomic mass is 10.00. The van der Waals surface area contributed by atoms with E-state index < -0.39 is 0 Å². The number of benzene rings is 6. The summed E-state index contributed by atoms with van der Waals surface area (Å²) < 4.78 is 6.18. The molecule has 0 spiro atoms. The highest BCUT2D eigenvalue weighted by atomic mass is 16.3. The third-order valence-corrected chi connectivity index (χ3v) is 7.74. The molecule has 1 N–H and O–H groups in total. The quantitative estimate of drug-likeness (QED) is 0.248. The van der Waals surface area contributed by atoms with E-state index in [0.717, 1.165) is 50.3 Å². The van der Waals surface area contributed by atoms with E-state index in [1.54, 1.807) is 0 Å². The lowest BCUT2D eigenvalue weighted by Crippen LogP contribution is -2.36. The molecule has 1 aromatic heterocycles. The number of amidine groups is 2. The van der Waals surface area contributed by atoms with E-state index in [1.807, 2.05) is 48.5 Å². The first-order valence-corrected chi connectivity index (χ1v) is 13.8. The molecule has 1 unspecified atom stereocenters. The van der Waals surface area contributed by atoms with Crippen LogP contribution in [0.5, 0.6) is 0 Å². The van der Waals surface area contributed by atoms with Gasteiger partial charge in [0.25, 0.3) is 0 Å². The van der Waals surface area contributed by atoms with Crippen LogP contribution in [0.2, 0.25) is 0 Å². The van der Waals surface area contributed by atoms with Gasteiger partial charge in [-0.25, -0.2) is 9.98 Å². The number of nitrogens with one attached hydrogen (secondary N) is 1. The van der Waals surface area contributed by atoms with Crippen LogP contribution in [0.1, 0.15) is 22.9 Å². The Hall–Kier alpha value is -5.48. The second-order valence-electron chi connectivity index (χ2n) is 10.3. The highest BCUT2D eigenvalue weighted by molar-refractivity contribution is 6.23. The Morgan fingerprint density at radius 1 is 0.512 bits per heavy atom. The Labute approximate surface area is 237 Å². The fraction of sp³-hybridized carbons (Fsp3) is 0.0270. The van der Waals surface area contributed by atoms with Crippen molar-refractivity contribution in [3.8, 4) is 11.1 Å². The smallest absolute Gasteiger partial charge is 0.169 e. The predicted octanol–water partition coefficient (Wildman–Crippen LogP) is 8.90. The number of nitrogens with zero attached hydrogens (tertiary/aromatic N) is 2. The minimum absolute atomic E-state index is 0.365. The highest BCUT2D eigenvalue weighted by Gasteiger charge is 2.23. The van der Waals surface area contributed by atoms with E-state index in [4.69, 9.17) is 14.4 Å². The van der Waals surface area contributed by atoms with E-state index >= 15 is 0 Å². The molecule has 2 heterocycles. The molecule has 1 aliphatic heterocycles. The molecule has 0 radical (unpaired) electrons. The maximum atomic E-state index is 6.18. The van der Waals surface area contributed by atoms with Crippen molar-refractivity contribution in [3.63, 3.8) is 0 Å². The summed E-state index contributed by atoms with van der Waals surface area (Å²) >= 11 is 0. The van der Waals surface area contributed by atoms with Crippen LogP contribution in [0.4, 0.5) is 0 Å². The van der Waals surface area contributed by atoms with Crippen LogP contribution in [0, 0.1) is 0 Å². The maximum absolute atomic E-state index is 6.18. The molecule has 8 rings (SSSR count). The van der Waals surface area contributed by atoms with E-state index in [2.05, 4.69) is 96.3 Å². The Balaban J connectivity index is 1.21. The van der Waals surface area contributed by atoms with Crippen LogP contribution in [0.25, 0.3) is 43.8 Å². The molecule has 194 valence electrons. The third-order valence-electron chi connectivity index (χ3n) is 7.74. The average Bonchev–Trinajstić information content (AvgIpc) is 3.44. The van der Waals surface area contributed by atoms with Crippen LogP contribution in [-0.4, -0.2) is 11.7 Å². The second-order valence-corrected chi connectivity index (χ2v) is 10.3. The standard InChI is InChI=1S/C37H25N3O/c1-2-10-26(11-3-1)35-38-36(27-20-17-25(18-21-27)29-22-19-24-9-4-5-12-28(24)23-29)40-37(39-35)31-14-8-16-33-34(31)30-13-6-7-15-32(30)41-33/h1-23,35H,(H,38,39,40). The van der Waals surface area contributed by atoms with E-state index in [9.17, 15) is 0 Å². The highest BCUT2D eigenvalue weighted by Crippen LogP contribution is 2.33. The molecule has 0 bridgehead atoms. The van der Waals surface area contributed by atoms with Crippen molar-refractivity contribution in [2.45, 2.75) is 6.17 Å². The maximum Gasteiger partial charge on any atom is 0.169 e. The Bertz CT molecular complexity index is 2120. The molecule has 1 aliphatic rings. The van der Waals surface area contributed by atoms with E-state index in [-0.39, 0.29) is 6.17 Å². The summed E-state index contributed by atoms with van der Waals surface area (Å²) in [7, 11) is 0. The van der Waals surface area contributed by atoms with Gasteiger partial charge in [-0.15, -0.1) is 0 Å². The molecule has 0 aliphatic carbocycles. The fourth-order valence-corrected chi connectivity index (χ4v) is 5.67. The summed E-state index contributed by atoms with van der Waals surface area (Å²) in [6, 6.07) is 48.2. The molecule has 6 aromatic carbocycles. The van der Waals surface area contributed by atoms with Gasteiger partial charge in [-0.1, -0.05) is 121 Å². The average molecular weight is 528 g/mol. The van der Waals surface area contributed by atoms with Crippen LogP contribution in [0.3, 0.4) is 0 Å². The number of furan rings is 1. The number of aliphatic imine (C=N–C) groups is 2. The van der Waals surface area contributed by atoms with Gasteiger partial charge in [0.15, 0.2) is 6.17 Å². The van der Waals surface area contributed by atoms with Crippen molar-refractivity contribution < 1.29 is 4.42 Å². The molecule has 4 heteroatoms. The normalized spacial score (nSPS) is 15.1. The van der Waals surface area contributed by atoms with Crippen LogP contribution in [0.15, 0.2) is 154 Å². The lowest BCUT2D eigenvalue weighted by Gasteiger charge is -2.23. The third kappa shape index (κ3) is 4.17. The Morgan fingerprint density at radius 3 is 2.07 bits per heavy atom. The van der Waals surface area contributed by atoms with Gasteiger partial charge in [0.2, 0.25) is 0 Å². The van der Waals surface area contributed by atoms with Gasteiger partial charge in [0.1, 0.15) is 22.8 Å². The largest absolute Gasteiger partial charge is 0.456 e. The van der Waals surface area contributed by atoms with Gasteiger partial charge in [0, 0.05) is 21.9 Å². The molecule has 41 heavy (non-hydrogen) atoms. The van der Waals surface area contributed by atoms with Gasteiger partial charge >= 0.3 is 0 Å². The summed E-state index contributed by atoms with van der Waals surface area (Å²) in [5, 5.41) is 8.18. The second kappa shape index (κ2) is 9.61. The molecule has 0 amide bonds. The van der Waals surface area contributed by atoms with Crippen molar-refractivity contribution in [2.75, 3.05) is 0 Å². The number of hydrogen-bond donors (Lipinski definition) is 1. The van der Waals surface area contributed by atoms with Crippen molar-refractivity contribution in [2.24, 2.45) is 9.98 Å². The molecular weight excluding hydrogens is 502 g/mol. The molecule has 0 fully saturated rings. The van der Waals surface area contributed by atoms with Crippen molar-refractivity contribution in [1.82, 2.24) is 5.32 Å². The first-order chi connectivity index (χ1) is 20.3. The predicted molar refractivity (Wildman–Crippen MR) is 168 cm³/mol. The number of para-hydroxylation sites is 1. The zero-order valence-corrected chi connectivity index (χ0v) is 22.2. The van der Waals surface area contributed by atoms with Crippen molar-refractivity contribution >= 4 is 44.4 Å². The van der Waals surface area contributed by atoms with Gasteiger partial charge in [-0.3, -0.25) is 0 Å². The van der Waals surface area contributed by atoms with Crippen LogP contribution >= 0.6 is 0 Å². The lowest BCUT2D eigenvalue weighted by molar-refractivity contribution is 0.669. The Kier molecular flexibility index (Phi) is 5.49. The number of hydrogen-bond acceptors (Lipinski definition) is 4. The zero-order valence-electron chi connectivity index (χ0n) is 22.2. The summed E-state index contributed by atoms with van der Waals surface area (Å²) in [6.07, 6.45) is -0.365. The molecule has 7 aromatic rings. The molecule has 1 atom stereocenters. The van der Waals surface area contributed by atoms with Gasteiger partial charge in [0.05, 0.1) is 0 Å². The molecule has 0 saturated carbocycles. The molecule has 4 nitrogen and oxygen atoms in total. The van der Waals surface area contributed by atoms with Crippen molar-refractivity contribution in [1.29, 1.82) is 0 Å². The monoisotopic (exact) mass is 527 g/mol. The summed E-state index contributed by atoms with van der Waals surface area (Å²) in [5.74, 6) is 1.57. The van der Waals surface area contributed by atoms with Gasteiger partial charge in [-0.05, 0) is 45.7 Å².